The van der Waals surface area contributed by atoms with Gasteiger partial charge in [0.05, 0.1) is 11.3 Å². The van der Waals surface area contributed by atoms with Gasteiger partial charge in [0.15, 0.2) is 0 Å². The third-order valence-electron chi connectivity index (χ3n) is 2.98. The van der Waals surface area contributed by atoms with E-state index >= 15 is 0 Å². The maximum atomic E-state index is 12.1. The van der Waals surface area contributed by atoms with Crippen LogP contribution < -0.4 is 21.3 Å². The van der Waals surface area contributed by atoms with E-state index in [1.54, 1.807) is 14.1 Å². The van der Waals surface area contributed by atoms with Crippen molar-refractivity contribution in [2.75, 3.05) is 37.8 Å². The van der Waals surface area contributed by atoms with Crippen LogP contribution in [0.2, 0.25) is 0 Å². The summed E-state index contributed by atoms with van der Waals surface area (Å²) >= 11 is 1.26. The monoisotopic (exact) mass is 298 g/mol. The van der Waals surface area contributed by atoms with Crippen molar-refractivity contribution in [3.8, 4) is 0 Å². The Morgan fingerprint density at radius 2 is 1.80 bits per heavy atom. The molecule has 0 aromatic carbocycles. The molecule has 4 N–H and O–H groups in total. The second kappa shape index (κ2) is 7.14. The molecule has 0 spiro atoms. The molecule has 0 radical (unpaired) electrons. The summed E-state index contributed by atoms with van der Waals surface area (Å²) in [5, 5.41) is 5.89. The average Bonchev–Trinajstić information content (AvgIpc) is 2.80. The van der Waals surface area contributed by atoms with Crippen molar-refractivity contribution in [2.24, 2.45) is 0 Å². The number of nitrogens with zero attached hydrogens (tertiary/aromatic N) is 1. The summed E-state index contributed by atoms with van der Waals surface area (Å²) in [6.45, 7) is 5.65. The van der Waals surface area contributed by atoms with E-state index in [9.17, 15) is 9.59 Å². The van der Waals surface area contributed by atoms with Crippen LogP contribution in [0.15, 0.2) is 0 Å². The highest BCUT2D eigenvalue weighted by Crippen LogP contribution is 2.38. The number of thiophene rings is 1. The van der Waals surface area contributed by atoms with Crippen LogP contribution in [0.1, 0.15) is 40.3 Å². The molecule has 112 valence electrons. The minimum absolute atomic E-state index is 0.248. The summed E-state index contributed by atoms with van der Waals surface area (Å²) in [5.41, 5.74) is 6.65. The van der Waals surface area contributed by atoms with Gasteiger partial charge >= 0.3 is 0 Å². The Hall–Kier alpha value is -1.76. The minimum Gasteiger partial charge on any atom is -0.397 e. The fourth-order valence-corrected chi connectivity index (χ4v) is 3.21. The topological polar surface area (TPSA) is 87.5 Å². The molecule has 1 heterocycles. The van der Waals surface area contributed by atoms with Crippen molar-refractivity contribution in [3.05, 3.63) is 10.4 Å². The van der Waals surface area contributed by atoms with Crippen LogP contribution in [0, 0.1) is 0 Å². The zero-order valence-corrected chi connectivity index (χ0v) is 13.2. The second-order valence-corrected chi connectivity index (χ2v) is 5.26. The highest BCUT2D eigenvalue weighted by Gasteiger charge is 2.26. The first-order valence-electron chi connectivity index (χ1n) is 6.63. The summed E-state index contributed by atoms with van der Waals surface area (Å²) in [4.78, 5) is 26.4. The van der Waals surface area contributed by atoms with Crippen molar-refractivity contribution >= 4 is 33.8 Å². The smallest absolute Gasteiger partial charge is 0.263 e. The van der Waals surface area contributed by atoms with Crippen LogP contribution in [0.3, 0.4) is 0 Å². The van der Waals surface area contributed by atoms with Crippen molar-refractivity contribution in [3.63, 3.8) is 0 Å². The molecule has 1 aromatic heterocycles. The second-order valence-electron chi connectivity index (χ2n) is 4.26. The normalized spacial score (nSPS) is 10.2. The Bertz CT molecular complexity index is 499. The third-order valence-corrected chi connectivity index (χ3v) is 4.24. The number of anilines is 2. The summed E-state index contributed by atoms with van der Waals surface area (Å²) in [6.07, 6.45) is 0.953. The Morgan fingerprint density at radius 1 is 1.20 bits per heavy atom. The molecule has 0 fully saturated rings. The Morgan fingerprint density at radius 3 is 2.25 bits per heavy atom. The predicted octanol–water partition coefficient (Wildman–Crippen LogP) is 1.29. The molecule has 6 nitrogen and oxygen atoms in total. The van der Waals surface area contributed by atoms with Gasteiger partial charge in [0.1, 0.15) is 9.88 Å². The molecule has 0 aliphatic rings. The van der Waals surface area contributed by atoms with Crippen molar-refractivity contribution in [1.29, 1.82) is 0 Å². The predicted molar refractivity (Wildman–Crippen MR) is 83.7 cm³/mol. The van der Waals surface area contributed by atoms with E-state index in [1.807, 2.05) is 6.92 Å². The summed E-state index contributed by atoms with van der Waals surface area (Å²) < 4.78 is 0. The molecule has 0 saturated carbocycles. The van der Waals surface area contributed by atoms with E-state index in [1.165, 1.54) is 11.3 Å². The number of hydrogen-bond acceptors (Lipinski definition) is 5. The number of amides is 2. The van der Waals surface area contributed by atoms with Gasteiger partial charge in [-0.1, -0.05) is 6.92 Å². The van der Waals surface area contributed by atoms with E-state index in [4.69, 9.17) is 5.73 Å². The molecule has 0 aliphatic heterocycles. The number of carbonyl (C=O) groups excluding carboxylic acids is 2. The van der Waals surface area contributed by atoms with Crippen molar-refractivity contribution in [1.82, 2.24) is 10.6 Å². The number of nitrogens with one attached hydrogen (secondary N) is 2. The fraction of sp³-hybridized carbons (Fsp3) is 0.538. The van der Waals surface area contributed by atoms with Crippen LogP contribution in [0.25, 0.3) is 0 Å². The third kappa shape index (κ3) is 3.04. The molecule has 0 aliphatic carbocycles. The number of nitrogen functional groups attached to an aromatic ring is 1. The Kier molecular flexibility index (Phi) is 5.82. The van der Waals surface area contributed by atoms with E-state index < -0.39 is 0 Å². The minimum atomic E-state index is -0.267. The van der Waals surface area contributed by atoms with E-state index in [0.29, 0.717) is 10.4 Å². The lowest BCUT2D eigenvalue weighted by atomic mass is 10.2. The van der Waals surface area contributed by atoms with Crippen LogP contribution >= 0.6 is 11.3 Å². The van der Waals surface area contributed by atoms with Gasteiger partial charge < -0.3 is 21.3 Å². The van der Waals surface area contributed by atoms with Gasteiger partial charge in [-0.05, 0) is 13.3 Å². The number of hydrogen-bond donors (Lipinski definition) is 3. The van der Waals surface area contributed by atoms with E-state index in [-0.39, 0.29) is 17.5 Å². The number of nitrogens with two attached hydrogens (primary N) is 1. The highest BCUT2D eigenvalue weighted by atomic mass is 32.1. The van der Waals surface area contributed by atoms with Crippen LogP contribution in [-0.4, -0.2) is 39.0 Å². The molecule has 2 amide bonds. The van der Waals surface area contributed by atoms with Gasteiger partial charge in [-0.25, -0.2) is 0 Å². The first-order valence-corrected chi connectivity index (χ1v) is 7.44. The van der Waals surface area contributed by atoms with Gasteiger partial charge in [-0.15, -0.1) is 11.3 Å². The number of rotatable bonds is 6. The molecule has 0 unspecified atom stereocenters. The van der Waals surface area contributed by atoms with Gasteiger partial charge in [0, 0.05) is 27.2 Å². The number of carbonyl (C=O) groups is 2. The van der Waals surface area contributed by atoms with Crippen molar-refractivity contribution in [2.45, 2.75) is 20.3 Å². The quantitative estimate of drug-likeness (QED) is 0.738. The average molecular weight is 298 g/mol. The Labute approximate surface area is 123 Å². The lowest BCUT2D eigenvalue weighted by Crippen LogP contribution is -2.27. The lowest BCUT2D eigenvalue weighted by molar-refractivity contribution is 0.0963. The zero-order valence-electron chi connectivity index (χ0n) is 12.4. The zero-order chi connectivity index (χ0) is 15.3. The summed E-state index contributed by atoms with van der Waals surface area (Å²) in [7, 11) is 3.10. The van der Waals surface area contributed by atoms with Crippen molar-refractivity contribution < 1.29 is 9.59 Å². The maximum absolute atomic E-state index is 12.1. The molecular formula is C13H22N4O2S. The van der Waals surface area contributed by atoms with Crippen LogP contribution in [0.5, 0.6) is 0 Å². The molecule has 20 heavy (non-hydrogen) atoms. The molecular weight excluding hydrogens is 276 g/mol. The Balaban J connectivity index is 3.40. The maximum Gasteiger partial charge on any atom is 0.263 e. The van der Waals surface area contributed by atoms with E-state index in [0.717, 1.165) is 24.5 Å². The molecule has 0 atom stereocenters. The summed E-state index contributed by atoms with van der Waals surface area (Å²) in [5.74, 6) is -0.532. The molecule has 0 saturated heterocycles. The standard InChI is InChI=1S/C13H22N4O2S/c1-5-7-17(6-2)13-8(11(18)15-3)9(14)10(20-13)12(19)16-4/h5-7,14H2,1-4H3,(H,15,18)(H,16,19). The van der Waals surface area contributed by atoms with Gasteiger partial charge in [0.2, 0.25) is 0 Å². The largest absolute Gasteiger partial charge is 0.397 e. The molecule has 0 bridgehead atoms. The molecule has 1 rings (SSSR count). The SMILES string of the molecule is CCCN(CC)c1sc(C(=O)NC)c(N)c1C(=O)NC. The first-order chi connectivity index (χ1) is 9.51. The van der Waals surface area contributed by atoms with Gasteiger partial charge in [0.25, 0.3) is 11.8 Å². The first kappa shape index (κ1) is 16.3. The lowest BCUT2D eigenvalue weighted by Gasteiger charge is -2.21. The van der Waals surface area contributed by atoms with Crippen LogP contribution in [-0.2, 0) is 0 Å². The van der Waals surface area contributed by atoms with E-state index in [2.05, 4.69) is 22.5 Å². The highest BCUT2D eigenvalue weighted by molar-refractivity contribution is 7.19. The molecule has 1 aromatic rings. The van der Waals surface area contributed by atoms with Gasteiger partial charge in [-0.3, -0.25) is 9.59 Å². The fourth-order valence-electron chi connectivity index (χ4n) is 1.95. The molecule has 7 heteroatoms. The van der Waals surface area contributed by atoms with Gasteiger partial charge in [-0.2, -0.15) is 0 Å². The summed E-state index contributed by atoms with van der Waals surface area (Å²) in [6, 6.07) is 0. The van der Waals surface area contributed by atoms with Crippen LogP contribution in [0.4, 0.5) is 10.7 Å².